The molecule has 1 atom stereocenters. The number of pyridine rings is 1. The van der Waals surface area contributed by atoms with Crippen LogP contribution < -0.4 is 10.6 Å². The Balaban J connectivity index is 0.000000481. The Bertz CT molecular complexity index is 746. The summed E-state index contributed by atoms with van der Waals surface area (Å²) in [6.07, 6.45) is 1.69. The van der Waals surface area contributed by atoms with E-state index in [2.05, 4.69) is 14.6 Å². The molecule has 0 saturated carbocycles. The maximum atomic E-state index is 5.77. The average Bonchev–Trinajstić information content (AvgIpc) is 3.09. The summed E-state index contributed by atoms with van der Waals surface area (Å²) in [5, 5.41) is 0. The molecule has 4 heterocycles. The number of hydrogen-bond donors (Lipinski definition) is 1. The third-order valence-electron chi connectivity index (χ3n) is 4.52. The lowest BCUT2D eigenvalue weighted by molar-refractivity contribution is 0.0778. The molecule has 1 unspecified atom stereocenters. The SMILES string of the molecule is CC1OCc2c1nc(-c1ccc(N)nc1)nc2N1CCOCC1.CCOC. The molecule has 27 heavy (non-hydrogen) atoms. The third kappa shape index (κ3) is 4.52. The number of aromatic nitrogens is 3. The van der Waals surface area contributed by atoms with Gasteiger partial charge >= 0.3 is 0 Å². The molecule has 2 N–H and O–H groups in total. The normalized spacial score (nSPS) is 18.6. The summed E-state index contributed by atoms with van der Waals surface area (Å²) in [6, 6.07) is 3.66. The highest BCUT2D eigenvalue weighted by molar-refractivity contribution is 5.61. The second kappa shape index (κ2) is 9.07. The Labute approximate surface area is 159 Å². The van der Waals surface area contributed by atoms with Crippen molar-refractivity contribution in [1.29, 1.82) is 0 Å². The summed E-state index contributed by atoms with van der Waals surface area (Å²) in [7, 11) is 1.68. The van der Waals surface area contributed by atoms with Crippen LogP contribution in [-0.4, -0.2) is 55.0 Å². The number of ether oxygens (including phenoxy) is 3. The minimum absolute atomic E-state index is 0.0201. The van der Waals surface area contributed by atoms with Crippen molar-refractivity contribution in [1.82, 2.24) is 15.0 Å². The van der Waals surface area contributed by atoms with E-state index in [0.29, 0.717) is 31.5 Å². The summed E-state index contributed by atoms with van der Waals surface area (Å²) in [5.41, 5.74) is 8.58. The molecule has 0 spiro atoms. The Morgan fingerprint density at radius 1 is 1.26 bits per heavy atom. The average molecular weight is 373 g/mol. The number of fused-ring (bicyclic) bond motifs is 1. The van der Waals surface area contributed by atoms with Crippen LogP contribution in [0.1, 0.15) is 31.2 Å². The Hall–Kier alpha value is -2.29. The van der Waals surface area contributed by atoms with Crippen LogP contribution in [0.5, 0.6) is 0 Å². The third-order valence-corrected chi connectivity index (χ3v) is 4.52. The van der Waals surface area contributed by atoms with E-state index in [4.69, 9.17) is 25.2 Å². The van der Waals surface area contributed by atoms with Crippen molar-refractivity contribution in [3.8, 4) is 11.4 Å². The molecular formula is C19H27N5O3. The lowest BCUT2D eigenvalue weighted by Gasteiger charge is -2.29. The minimum atomic E-state index is -0.0201. The molecule has 4 rings (SSSR count). The van der Waals surface area contributed by atoms with Gasteiger partial charge in [0.15, 0.2) is 5.82 Å². The van der Waals surface area contributed by atoms with Gasteiger partial charge in [-0.05, 0) is 26.0 Å². The number of nitrogens with zero attached hydrogens (tertiary/aromatic N) is 4. The van der Waals surface area contributed by atoms with Crippen LogP contribution in [0.4, 0.5) is 11.6 Å². The first-order chi connectivity index (χ1) is 13.1. The summed E-state index contributed by atoms with van der Waals surface area (Å²) >= 11 is 0. The molecule has 2 aliphatic heterocycles. The molecule has 146 valence electrons. The second-order valence-corrected chi connectivity index (χ2v) is 6.34. The van der Waals surface area contributed by atoms with E-state index in [1.807, 2.05) is 19.9 Å². The molecule has 0 aromatic carbocycles. The van der Waals surface area contributed by atoms with E-state index in [1.165, 1.54) is 0 Å². The second-order valence-electron chi connectivity index (χ2n) is 6.34. The number of nitrogen functional groups attached to an aromatic ring is 1. The largest absolute Gasteiger partial charge is 0.385 e. The Morgan fingerprint density at radius 3 is 2.63 bits per heavy atom. The minimum Gasteiger partial charge on any atom is -0.385 e. The van der Waals surface area contributed by atoms with Crippen LogP contribution in [-0.2, 0) is 20.8 Å². The zero-order chi connectivity index (χ0) is 19.2. The summed E-state index contributed by atoms with van der Waals surface area (Å²) in [4.78, 5) is 15.9. The molecule has 2 aliphatic rings. The van der Waals surface area contributed by atoms with Crippen molar-refractivity contribution < 1.29 is 14.2 Å². The van der Waals surface area contributed by atoms with Gasteiger partial charge in [-0.3, -0.25) is 0 Å². The fourth-order valence-corrected chi connectivity index (χ4v) is 2.95. The van der Waals surface area contributed by atoms with Crippen molar-refractivity contribution in [2.45, 2.75) is 26.6 Å². The summed E-state index contributed by atoms with van der Waals surface area (Å²) < 4.78 is 15.8. The molecule has 0 radical (unpaired) electrons. The highest BCUT2D eigenvalue weighted by Gasteiger charge is 2.29. The quantitative estimate of drug-likeness (QED) is 0.875. The number of methoxy groups -OCH3 is 1. The summed E-state index contributed by atoms with van der Waals surface area (Å²) in [5.74, 6) is 2.10. The molecule has 1 fully saturated rings. The van der Waals surface area contributed by atoms with E-state index in [-0.39, 0.29) is 6.10 Å². The van der Waals surface area contributed by atoms with Gasteiger partial charge < -0.3 is 24.8 Å². The van der Waals surface area contributed by atoms with Gasteiger partial charge in [0.2, 0.25) is 0 Å². The van der Waals surface area contributed by atoms with Gasteiger partial charge in [-0.15, -0.1) is 0 Å². The number of rotatable bonds is 3. The molecule has 2 aromatic rings. The van der Waals surface area contributed by atoms with Gasteiger partial charge in [-0.1, -0.05) is 0 Å². The highest BCUT2D eigenvalue weighted by Crippen LogP contribution is 2.36. The van der Waals surface area contributed by atoms with Crippen LogP contribution in [0.15, 0.2) is 18.3 Å². The maximum Gasteiger partial charge on any atom is 0.163 e. The van der Waals surface area contributed by atoms with Gasteiger partial charge in [0.25, 0.3) is 0 Å². The molecule has 2 aromatic heterocycles. The standard InChI is InChI=1S/C16H19N5O2.C3H8O/c1-10-14-12(9-23-10)16(21-4-6-22-7-5-21)20-15(19-14)11-2-3-13(17)18-8-11;1-3-4-2/h2-3,8,10H,4-7,9H2,1H3,(H2,17,18);3H2,1-2H3. The van der Waals surface area contributed by atoms with E-state index < -0.39 is 0 Å². The van der Waals surface area contributed by atoms with Gasteiger partial charge in [-0.2, -0.15) is 0 Å². The smallest absolute Gasteiger partial charge is 0.163 e. The van der Waals surface area contributed by atoms with Crippen LogP contribution in [0.2, 0.25) is 0 Å². The molecule has 8 heteroatoms. The van der Waals surface area contributed by atoms with Crippen molar-refractivity contribution in [2.75, 3.05) is 50.7 Å². The van der Waals surface area contributed by atoms with Gasteiger partial charge in [0.1, 0.15) is 11.6 Å². The monoisotopic (exact) mass is 373 g/mol. The van der Waals surface area contributed by atoms with Gasteiger partial charge in [0, 0.05) is 44.1 Å². The van der Waals surface area contributed by atoms with Crippen molar-refractivity contribution in [3.63, 3.8) is 0 Å². The number of morpholine rings is 1. The van der Waals surface area contributed by atoms with Crippen molar-refractivity contribution >= 4 is 11.6 Å². The highest BCUT2D eigenvalue weighted by atomic mass is 16.5. The number of nitrogens with two attached hydrogens (primary N) is 1. The zero-order valence-corrected chi connectivity index (χ0v) is 16.1. The first-order valence-electron chi connectivity index (χ1n) is 9.20. The van der Waals surface area contributed by atoms with Crippen LogP contribution >= 0.6 is 0 Å². The fourth-order valence-electron chi connectivity index (χ4n) is 2.95. The van der Waals surface area contributed by atoms with Crippen LogP contribution in [0, 0.1) is 0 Å². The first-order valence-corrected chi connectivity index (χ1v) is 9.20. The molecular weight excluding hydrogens is 346 g/mol. The van der Waals surface area contributed by atoms with E-state index >= 15 is 0 Å². The first kappa shape index (κ1) is 19.5. The van der Waals surface area contributed by atoms with E-state index in [1.54, 1.807) is 19.4 Å². The number of anilines is 2. The lowest BCUT2D eigenvalue weighted by atomic mass is 10.1. The van der Waals surface area contributed by atoms with Gasteiger partial charge in [-0.25, -0.2) is 15.0 Å². The predicted molar refractivity (Wildman–Crippen MR) is 103 cm³/mol. The van der Waals surface area contributed by atoms with E-state index in [9.17, 15) is 0 Å². The number of hydrogen-bond acceptors (Lipinski definition) is 8. The topological polar surface area (TPSA) is 95.6 Å². The fraction of sp³-hybridized carbons (Fsp3) is 0.526. The molecule has 8 nitrogen and oxygen atoms in total. The molecule has 0 aliphatic carbocycles. The lowest BCUT2D eigenvalue weighted by Crippen LogP contribution is -2.37. The van der Waals surface area contributed by atoms with Crippen molar-refractivity contribution in [3.05, 3.63) is 29.6 Å². The van der Waals surface area contributed by atoms with E-state index in [0.717, 1.165) is 42.3 Å². The molecule has 0 amide bonds. The predicted octanol–water partition coefficient (Wildman–Crippen LogP) is 2.20. The molecule has 0 bridgehead atoms. The Morgan fingerprint density at radius 2 is 2.00 bits per heavy atom. The maximum absolute atomic E-state index is 5.77. The summed E-state index contributed by atoms with van der Waals surface area (Å²) in [6.45, 7) is 8.45. The van der Waals surface area contributed by atoms with Crippen molar-refractivity contribution in [2.24, 2.45) is 0 Å². The molecule has 1 saturated heterocycles. The van der Waals surface area contributed by atoms with Gasteiger partial charge in [0.05, 0.1) is 31.6 Å². The zero-order valence-electron chi connectivity index (χ0n) is 16.1. The van der Waals surface area contributed by atoms with Crippen LogP contribution in [0.3, 0.4) is 0 Å². The van der Waals surface area contributed by atoms with Crippen LogP contribution in [0.25, 0.3) is 11.4 Å². The Kier molecular flexibility index (Phi) is 6.54.